The van der Waals surface area contributed by atoms with Crippen LogP contribution in [-0.4, -0.2) is 39.3 Å². The molecule has 6 nitrogen and oxygen atoms in total. The summed E-state index contributed by atoms with van der Waals surface area (Å²) in [5, 5.41) is 2.66. The lowest BCUT2D eigenvalue weighted by Crippen LogP contribution is -2.23. The van der Waals surface area contributed by atoms with E-state index in [9.17, 15) is 13.2 Å². The van der Waals surface area contributed by atoms with E-state index in [2.05, 4.69) is 19.2 Å². The summed E-state index contributed by atoms with van der Waals surface area (Å²) in [5.74, 6) is 0.684. The summed E-state index contributed by atoms with van der Waals surface area (Å²) in [5.41, 5.74) is 2.76. The van der Waals surface area contributed by atoms with Crippen molar-refractivity contribution in [3.05, 3.63) is 53.6 Å². The summed E-state index contributed by atoms with van der Waals surface area (Å²) >= 11 is 0. The predicted molar refractivity (Wildman–Crippen MR) is 107 cm³/mol. The van der Waals surface area contributed by atoms with Crippen molar-refractivity contribution in [3.8, 4) is 5.75 Å². The van der Waals surface area contributed by atoms with E-state index in [-0.39, 0.29) is 17.4 Å². The van der Waals surface area contributed by atoms with Crippen molar-refractivity contribution < 1.29 is 17.9 Å². The molecule has 0 saturated heterocycles. The van der Waals surface area contributed by atoms with Gasteiger partial charge in [-0.25, -0.2) is 12.7 Å². The maximum Gasteiger partial charge on any atom is 0.262 e. The highest BCUT2D eigenvalue weighted by atomic mass is 32.2. The van der Waals surface area contributed by atoms with Crippen LogP contribution in [0.25, 0.3) is 0 Å². The number of benzene rings is 2. The first-order valence-electron chi connectivity index (χ1n) is 8.67. The number of nitrogens with zero attached hydrogens (tertiary/aromatic N) is 1. The summed E-state index contributed by atoms with van der Waals surface area (Å²) in [4.78, 5) is 12.3. The summed E-state index contributed by atoms with van der Waals surface area (Å²) < 4.78 is 31.0. The number of carbonyl (C=O) groups is 1. The Kier molecular flexibility index (Phi) is 6.62. The van der Waals surface area contributed by atoms with Gasteiger partial charge in [0.2, 0.25) is 10.0 Å². The molecule has 27 heavy (non-hydrogen) atoms. The average molecular weight is 391 g/mol. The van der Waals surface area contributed by atoms with Gasteiger partial charge in [0.25, 0.3) is 5.91 Å². The van der Waals surface area contributed by atoms with E-state index in [4.69, 9.17) is 4.74 Å². The number of hydrogen-bond acceptors (Lipinski definition) is 4. The van der Waals surface area contributed by atoms with Crippen LogP contribution in [0.5, 0.6) is 5.75 Å². The smallest absolute Gasteiger partial charge is 0.262 e. The molecule has 0 fully saturated rings. The summed E-state index contributed by atoms with van der Waals surface area (Å²) in [6.07, 6.45) is 0. The number of amides is 1. The zero-order valence-corrected chi connectivity index (χ0v) is 17.1. The van der Waals surface area contributed by atoms with Crippen LogP contribution < -0.4 is 10.1 Å². The molecule has 0 saturated carbocycles. The molecule has 7 heteroatoms. The minimum absolute atomic E-state index is 0.117. The van der Waals surface area contributed by atoms with Crippen LogP contribution in [0.4, 0.5) is 5.69 Å². The van der Waals surface area contributed by atoms with Gasteiger partial charge in [0.05, 0.1) is 4.90 Å². The lowest BCUT2D eigenvalue weighted by atomic mass is 9.98. The van der Waals surface area contributed by atoms with E-state index < -0.39 is 10.0 Å². The quantitative estimate of drug-likeness (QED) is 0.786. The van der Waals surface area contributed by atoms with Gasteiger partial charge in [-0.3, -0.25) is 4.79 Å². The van der Waals surface area contributed by atoms with Gasteiger partial charge < -0.3 is 10.1 Å². The van der Waals surface area contributed by atoms with Crippen LogP contribution in [0, 0.1) is 6.92 Å². The third kappa shape index (κ3) is 5.30. The molecule has 2 aromatic carbocycles. The summed E-state index contributed by atoms with van der Waals surface area (Å²) in [6, 6.07) is 11.9. The molecular weight excluding hydrogens is 364 g/mol. The van der Waals surface area contributed by atoms with Crippen LogP contribution in [0.2, 0.25) is 0 Å². The maximum atomic E-state index is 12.2. The van der Waals surface area contributed by atoms with Crippen LogP contribution in [0.1, 0.15) is 30.9 Å². The number of sulfonamides is 1. The van der Waals surface area contributed by atoms with Gasteiger partial charge in [-0.1, -0.05) is 26.0 Å². The summed E-state index contributed by atoms with van der Waals surface area (Å²) in [7, 11) is -0.637. The van der Waals surface area contributed by atoms with Gasteiger partial charge in [-0.2, -0.15) is 0 Å². The Bertz CT molecular complexity index is 921. The second kappa shape index (κ2) is 8.54. The average Bonchev–Trinajstić information content (AvgIpc) is 2.59. The predicted octanol–water partition coefficient (Wildman–Crippen LogP) is 3.39. The zero-order valence-electron chi connectivity index (χ0n) is 16.3. The molecule has 0 atom stereocenters. The summed E-state index contributed by atoms with van der Waals surface area (Å²) in [6.45, 7) is 6.10. The number of aryl methyl sites for hydroxylation is 1. The third-order valence-corrected chi connectivity index (χ3v) is 5.94. The first-order chi connectivity index (χ1) is 12.6. The van der Waals surface area contributed by atoms with Crippen LogP contribution in [0.15, 0.2) is 47.4 Å². The van der Waals surface area contributed by atoms with Gasteiger partial charge in [0.1, 0.15) is 5.75 Å². The molecule has 1 amide bonds. The molecule has 0 aliphatic carbocycles. The minimum Gasteiger partial charge on any atom is -0.484 e. The van der Waals surface area contributed by atoms with Crippen LogP contribution in [-0.2, 0) is 14.8 Å². The number of nitrogens with one attached hydrogen (secondary N) is 1. The fourth-order valence-corrected chi connectivity index (χ4v) is 3.62. The molecule has 1 N–H and O–H groups in total. The van der Waals surface area contributed by atoms with Gasteiger partial charge in [-0.15, -0.1) is 0 Å². The SMILES string of the molecule is Cc1cc(OCC(=O)Nc2cccc(S(=O)(=O)N(C)C)c2)ccc1C(C)C. The number of carbonyl (C=O) groups excluding carboxylic acids is 1. The molecule has 0 spiro atoms. The van der Waals surface area contributed by atoms with Crippen LogP contribution in [0.3, 0.4) is 0 Å². The molecule has 0 aliphatic heterocycles. The number of hydrogen-bond donors (Lipinski definition) is 1. The Hall–Kier alpha value is -2.38. The van der Waals surface area contributed by atoms with Crippen LogP contribution >= 0.6 is 0 Å². The Morgan fingerprint density at radius 2 is 1.85 bits per heavy atom. The molecular formula is C20H26N2O4S. The van der Waals surface area contributed by atoms with Crippen molar-refractivity contribution in [2.24, 2.45) is 0 Å². The number of ether oxygens (including phenoxy) is 1. The van der Waals surface area contributed by atoms with E-state index in [0.717, 1.165) is 9.87 Å². The molecule has 0 unspecified atom stereocenters. The molecule has 0 bridgehead atoms. The highest BCUT2D eigenvalue weighted by Gasteiger charge is 2.17. The Morgan fingerprint density at radius 1 is 1.15 bits per heavy atom. The van der Waals surface area contributed by atoms with E-state index in [1.165, 1.54) is 31.8 Å². The zero-order chi connectivity index (χ0) is 20.2. The van der Waals surface area contributed by atoms with Gasteiger partial charge in [0.15, 0.2) is 6.61 Å². The van der Waals surface area contributed by atoms with Crippen molar-refractivity contribution in [1.82, 2.24) is 4.31 Å². The third-order valence-electron chi connectivity index (χ3n) is 4.13. The Morgan fingerprint density at radius 3 is 2.44 bits per heavy atom. The number of anilines is 1. The van der Waals surface area contributed by atoms with E-state index in [1.54, 1.807) is 12.1 Å². The lowest BCUT2D eigenvalue weighted by Gasteiger charge is -2.14. The standard InChI is InChI=1S/C20H26N2O4S/c1-14(2)19-10-9-17(11-15(19)3)26-13-20(23)21-16-7-6-8-18(12-16)27(24,25)22(4)5/h6-12,14H,13H2,1-5H3,(H,21,23). The fourth-order valence-electron chi connectivity index (χ4n) is 2.68. The van der Waals surface area contributed by atoms with Crippen molar-refractivity contribution in [2.45, 2.75) is 31.6 Å². The Labute approximate surface area is 161 Å². The monoisotopic (exact) mass is 390 g/mol. The van der Waals surface area contributed by atoms with Crippen molar-refractivity contribution in [3.63, 3.8) is 0 Å². The molecule has 0 radical (unpaired) electrons. The highest BCUT2D eigenvalue weighted by Crippen LogP contribution is 2.23. The van der Waals surface area contributed by atoms with Gasteiger partial charge >= 0.3 is 0 Å². The maximum absolute atomic E-state index is 12.2. The molecule has 0 aliphatic rings. The molecule has 0 heterocycles. The lowest BCUT2D eigenvalue weighted by molar-refractivity contribution is -0.118. The molecule has 146 valence electrons. The first-order valence-corrected chi connectivity index (χ1v) is 10.1. The number of rotatable bonds is 7. The minimum atomic E-state index is -3.56. The van der Waals surface area contributed by atoms with Crippen molar-refractivity contribution in [1.29, 1.82) is 0 Å². The second-order valence-electron chi connectivity index (χ2n) is 6.83. The molecule has 0 aromatic heterocycles. The van der Waals surface area contributed by atoms with Crippen molar-refractivity contribution in [2.75, 3.05) is 26.0 Å². The van der Waals surface area contributed by atoms with E-state index in [0.29, 0.717) is 17.4 Å². The topological polar surface area (TPSA) is 75.7 Å². The van der Waals surface area contributed by atoms with E-state index in [1.807, 2.05) is 25.1 Å². The normalized spacial score (nSPS) is 11.7. The second-order valence-corrected chi connectivity index (χ2v) is 8.98. The molecule has 2 aromatic rings. The fraction of sp³-hybridized carbons (Fsp3) is 0.350. The highest BCUT2D eigenvalue weighted by molar-refractivity contribution is 7.89. The van der Waals surface area contributed by atoms with Gasteiger partial charge in [-0.05, 0) is 54.3 Å². The van der Waals surface area contributed by atoms with Crippen molar-refractivity contribution >= 4 is 21.6 Å². The Balaban J connectivity index is 2.02. The largest absolute Gasteiger partial charge is 0.484 e. The van der Waals surface area contributed by atoms with E-state index >= 15 is 0 Å². The van der Waals surface area contributed by atoms with Gasteiger partial charge in [0, 0.05) is 19.8 Å². The molecule has 2 rings (SSSR count). The first kappa shape index (κ1) is 20.9.